The Morgan fingerprint density at radius 1 is 1.22 bits per heavy atom. The summed E-state index contributed by atoms with van der Waals surface area (Å²) in [6, 6.07) is 2.49. The lowest BCUT2D eigenvalue weighted by Gasteiger charge is -2.28. The number of pyridine rings is 1. The van der Waals surface area contributed by atoms with Crippen molar-refractivity contribution >= 4 is 27.4 Å². The molecule has 0 radical (unpaired) electrons. The third kappa shape index (κ3) is 3.14. The minimum Gasteiger partial charge on any atom is -0.369 e. The first-order chi connectivity index (χ1) is 13.2. The van der Waals surface area contributed by atoms with Gasteiger partial charge in [0.2, 0.25) is 0 Å². The molecule has 1 aromatic heterocycles. The van der Waals surface area contributed by atoms with Crippen LogP contribution < -0.4 is 10.9 Å². The van der Waals surface area contributed by atoms with Gasteiger partial charge in [0, 0.05) is 24.8 Å². The molecule has 140 valence electrons. The van der Waals surface area contributed by atoms with Crippen LogP contribution in [-0.4, -0.2) is 55.9 Å². The molecule has 0 spiro atoms. The zero-order valence-electron chi connectivity index (χ0n) is 15.1. The molecule has 27 heavy (non-hydrogen) atoms. The molecule has 1 N–H and O–H groups in total. The van der Waals surface area contributed by atoms with E-state index in [1.807, 2.05) is 23.1 Å². The maximum Gasteiger partial charge on any atom is 0.251 e. The highest BCUT2D eigenvalue weighted by Crippen LogP contribution is 2.33. The van der Waals surface area contributed by atoms with Gasteiger partial charge in [0.25, 0.3) is 5.62 Å². The third-order valence-corrected chi connectivity index (χ3v) is 5.93. The van der Waals surface area contributed by atoms with E-state index in [1.165, 1.54) is 0 Å². The van der Waals surface area contributed by atoms with Crippen LogP contribution in [-0.2, 0) is 6.54 Å². The number of nitrogens with one attached hydrogen (secondary N) is 1. The van der Waals surface area contributed by atoms with E-state index in [9.17, 15) is 0 Å². The molecule has 0 unspecified atom stereocenters. The first-order valence-electron chi connectivity index (χ1n) is 9.25. The number of fused-ring (bicyclic) bond motifs is 3. The predicted molar refractivity (Wildman–Crippen MR) is 106 cm³/mol. The van der Waals surface area contributed by atoms with E-state index in [0.29, 0.717) is 11.7 Å². The molecule has 8 nitrogen and oxygen atoms in total. The first kappa shape index (κ1) is 16.9. The van der Waals surface area contributed by atoms with E-state index in [0.717, 1.165) is 66.4 Å². The Kier molecular flexibility index (Phi) is 4.20. The Bertz CT molecular complexity index is 1010. The number of hydrogen-bond donors (Lipinski definition) is 1. The minimum absolute atomic E-state index is 0.449. The fourth-order valence-electron chi connectivity index (χ4n) is 3.83. The van der Waals surface area contributed by atoms with Gasteiger partial charge in [-0.2, -0.15) is 10.1 Å². The molecular weight excluding hydrogens is 408 g/mol. The number of rotatable bonds is 2. The molecule has 4 aliphatic heterocycles. The molecule has 0 aromatic carbocycles. The van der Waals surface area contributed by atoms with Crippen molar-refractivity contribution in [2.45, 2.75) is 25.4 Å². The molecule has 5 rings (SSSR count). The quantitative estimate of drug-likeness (QED) is 0.677. The zero-order chi connectivity index (χ0) is 18.4. The molecule has 1 fully saturated rings. The van der Waals surface area contributed by atoms with Crippen LogP contribution >= 0.6 is 15.9 Å². The summed E-state index contributed by atoms with van der Waals surface area (Å²) >= 11 is 3.61. The highest BCUT2D eigenvalue weighted by atomic mass is 79.9. The minimum atomic E-state index is 0.449. The maximum absolute atomic E-state index is 4.70. The molecule has 4 aliphatic rings. The van der Waals surface area contributed by atoms with E-state index in [-0.39, 0.29) is 0 Å². The van der Waals surface area contributed by atoms with Crippen LogP contribution in [0.2, 0.25) is 0 Å². The van der Waals surface area contributed by atoms with E-state index in [1.54, 1.807) is 6.20 Å². The fourth-order valence-corrected chi connectivity index (χ4v) is 4.43. The van der Waals surface area contributed by atoms with Crippen LogP contribution in [0.25, 0.3) is 11.4 Å². The fraction of sp³-hybridized carbons (Fsp3) is 0.444. The van der Waals surface area contributed by atoms with Crippen molar-refractivity contribution in [2.24, 2.45) is 4.99 Å². The number of anilines is 1. The average Bonchev–Trinajstić information content (AvgIpc) is 3.33. The van der Waals surface area contributed by atoms with E-state index in [4.69, 9.17) is 4.98 Å². The lowest BCUT2D eigenvalue weighted by Crippen LogP contribution is -2.31. The molecule has 0 atom stereocenters. The van der Waals surface area contributed by atoms with Crippen molar-refractivity contribution in [3.63, 3.8) is 0 Å². The van der Waals surface area contributed by atoms with Gasteiger partial charge in [-0.05, 0) is 55.0 Å². The summed E-state index contributed by atoms with van der Waals surface area (Å²) < 4.78 is 5.24. The molecule has 0 amide bonds. The normalized spacial score (nSPS) is 18.8. The predicted octanol–water partition coefficient (Wildman–Crippen LogP) is 2.27. The summed E-state index contributed by atoms with van der Waals surface area (Å²) in [4.78, 5) is 16.1. The van der Waals surface area contributed by atoms with Gasteiger partial charge >= 0.3 is 0 Å². The second-order valence-corrected chi connectivity index (χ2v) is 8.05. The zero-order valence-corrected chi connectivity index (χ0v) is 16.7. The smallest absolute Gasteiger partial charge is 0.251 e. The Morgan fingerprint density at radius 3 is 2.93 bits per heavy atom. The Balaban J connectivity index is 1.48. The second-order valence-electron chi connectivity index (χ2n) is 7.19. The molecule has 1 aromatic rings. The molecule has 5 heterocycles. The summed E-state index contributed by atoms with van der Waals surface area (Å²) in [7, 11) is 2.17. The number of piperidine rings is 1. The van der Waals surface area contributed by atoms with Crippen molar-refractivity contribution in [3.05, 3.63) is 34.7 Å². The standard InChI is InChI=1S/C18H21BrN8/c1-25-5-2-14(3-6-25)27-11-13(10-22-27)23-18-21-9-12-8-15(19)17-20-4-7-26(17)16(12)24-18/h8-11,14,20H,2-7H2,1H3. The van der Waals surface area contributed by atoms with Gasteiger partial charge in [-0.3, -0.25) is 4.68 Å². The number of halogens is 1. The molecule has 1 saturated heterocycles. The molecule has 0 saturated carbocycles. The summed E-state index contributed by atoms with van der Waals surface area (Å²) in [5.74, 6) is 1.96. The van der Waals surface area contributed by atoms with Gasteiger partial charge in [0.1, 0.15) is 17.3 Å². The number of nitrogens with zero attached hydrogens (tertiary/aromatic N) is 7. The Morgan fingerprint density at radius 2 is 2.07 bits per heavy atom. The first-order valence-corrected chi connectivity index (χ1v) is 10.0. The second kappa shape index (κ2) is 6.72. The monoisotopic (exact) mass is 428 g/mol. The highest BCUT2D eigenvalue weighted by molar-refractivity contribution is 9.10. The van der Waals surface area contributed by atoms with E-state index in [2.05, 4.69) is 52.8 Å². The lowest BCUT2D eigenvalue weighted by atomic mass is 10.1. The van der Waals surface area contributed by atoms with Crippen LogP contribution in [0.1, 0.15) is 18.9 Å². The Labute approximate surface area is 165 Å². The van der Waals surface area contributed by atoms with Crippen LogP contribution in [0.4, 0.5) is 11.5 Å². The highest BCUT2D eigenvalue weighted by Gasteiger charge is 2.21. The van der Waals surface area contributed by atoms with Gasteiger partial charge in [-0.1, -0.05) is 0 Å². The van der Waals surface area contributed by atoms with Crippen LogP contribution in [0, 0.1) is 0 Å². The van der Waals surface area contributed by atoms with Gasteiger partial charge in [-0.15, -0.1) is 0 Å². The van der Waals surface area contributed by atoms with Crippen molar-refractivity contribution in [1.82, 2.24) is 29.2 Å². The third-order valence-electron chi connectivity index (χ3n) is 5.32. The van der Waals surface area contributed by atoms with Crippen molar-refractivity contribution < 1.29 is 0 Å². The summed E-state index contributed by atoms with van der Waals surface area (Å²) in [5, 5.41) is 7.90. The van der Waals surface area contributed by atoms with Crippen molar-refractivity contribution in [1.29, 1.82) is 0 Å². The van der Waals surface area contributed by atoms with E-state index < -0.39 is 0 Å². The van der Waals surface area contributed by atoms with E-state index >= 15 is 0 Å². The largest absolute Gasteiger partial charge is 0.369 e. The van der Waals surface area contributed by atoms with Crippen LogP contribution in [0.3, 0.4) is 0 Å². The summed E-state index contributed by atoms with van der Waals surface area (Å²) in [6.45, 7) is 4.00. The van der Waals surface area contributed by atoms with Gasteiger partial charge < -0.3 is 14.8 Å². The van der Waals surface area contributed by atoms with Gasteiger partial charge in [0.05, 0.1) is 22.9 Å². The van der Waals surface area contributed by atoms with Gasteiger partial charge in [-0.25, -0.2) is 9.98 Å². The summed E-state index contributed by atoms with van der Waals surface area (Å²) in [6.07, 6.45) is 7.87. The van der Waals surface area contributed by atoms with Crippen molar-refractivity contribution in [2.75, 3.05) is 32.0 Å². The SMILES string of the molecule is CN1CCC(n2cc(N=c3ncc4cc(Br)c5n(c-4n3)CCN5)cn2)CC1. The number of likely N-dealkylation sites (tertiary alicyclic amines) is 1. The lowest BCUT2D eigenvalue weighted by molar-refractivity contribution is 0.212. The molecule has 0 bridgehead atoms. The van der Waals surface area contributed by atoms with Crippen LogP contribution in [0.5, 0.6) is 0 Å². The summed E-state index contributed by atoms with van der Waals surface area (Å²) in [5.41, 5.74) is 2.26. The number of aromatic nitrogens is 5. The van der Waals surface area contributed by atoms with Crippen molar-refractivity contribution in [3.8, 4) is 11.4 Å². The molecular formula is C18H21BrN8. The van der Waals surface area contributed by atoms with Crippen LogP contribution in [0.15, 0.2) is 34.1 Å². The average molecular weight is 429 g/mol. The molecule has 0 aliphatic carbocycles. The van der Waals surface area contributed by atoms with Gasteiger partial charge in [0.15, 0.2) is 0 Å². The Hall–Kier alpha value is -2.26. The maximum atomic E-state index is 4.70. The topological polar surface area (TPSA) is 76.2 Å². The number of hydrogen-bond acceptors (Lipinski definition) is 6. The molecule has 9 heteroatoms.